The van der Waals surface area contributed by atoms with E-state index in [2.05, 4.69) is 32.5 Å². The molecule has 2 rings (SSSR count). The van der Waals surface area contributed by atoms with Gasteiger partial charge in [0.05, 0.1) is 11.1 Å². The van der Waals surface area contributed by atoms with Crippen molar-refractivity contribution in [2.45, 2.75) is 27.7 Å². The van der Waals surface area contributed by atoms with Crippen molar-refractivity contribution in [3.05, 3.63) is 52.7 Å². The van der Waals surface area contributed by atoms with Crippen LogP contribution in [-0.4, -0.2) is 27.9 Å². The van der Waals surface area contributed by atoms with Crippen molar-refractivity contribution in [2.24, 2.45) is 16.1 Å². The van der Waals surface area contributed by atoms with E-state index in [9.17, 15) is 14.7 Å². The Labute approximate surface area is 178 Å². The number of allylic oxidation sites excluding steroid dienone is 1. The van der Waals surface area contributed by atoms with Crippen LogP contribution in [0.3, 0.4) is 0 Å². The molecule has 0 saturated carbocycles. The predicted molar refractivity (Wildman–Crippen MR) is 120 cm³/mol. The summed E-state index contributed by atoms with van der Waals surface area (Å²) in [5.74, 6) is 5.67. The standard InChI is InChI=1S/C21H23N5O3S/c1-13(27)24-20-23-12-16(30-20)9-8-14-6-5-7-15(10-14)25-19(29)26-18(22)11-17(28)21(2,3)4/h5-7,10-12,28H,1-4H3,(H,23,24,27)(H3,22,25,26,29)/b17-11-. The molecule has 0 aliphatic rings. The topological polar surface area (TPSA) is 130 Å². The van der Waals surface area contributed by atoms with Gasteiger partial charge in [-0.3, -0.25) is 4.79 Å². The number of hydrogen-bond acceptors (Lipinski definition) is 5. The van der Waals surface area contributed by atoms with E-state index < -0.39 is 11.4 Å². The van der Waals surface area contributed by atoms with Gasteiger partial charge < -0.3 is 21.5 Å². The summed E-state index contributed by atoms with van der Waals surface area (Å²) in [6.45, 7) is 6.84. The number of aliphatic hydroxyl groups excluding tert-OH is 1. The van der Waals surface area contributed by atoms with Gasteiger partial charge in [-0.2, -0.15) is 4.99 Å². The van der Waals surface area contributed by atoms with Crippen molar-refractivity contribution >= 4 is 39.9 Å². The second kappa shape index (κ2) is 9.71. The molecule has 0 radical (unpaired) electrons. The molecule has 0 saturated heterocycles. The minimum absolute atomic E-state index is 0.0264. The molecule has 1 heterocycles. The number of urea groups is 1. The third-order valence-corrected chi connectivity index (χ3v) is 4.34. The van der Waals surface area contributed by atoms with Gasteiger partial charge in [-0.1, -0.05) is 44.1 Å². The fraction of sp³-hybridized carbons (Fsp3) is 0.238. The Kier molecular flexibility index (Phi) is 7.33. The molecule has 0 bridgehead atoms. The molecule has 0 aliphatic carbocycles. The fourth-order valence-electron chi connectivity index (χ4n) is 2.01. The monoisotopic (exact) mass is 425 g/mol. The van der Waals surface area contributed by atoms with Crippen molar-refractivity contribution in [1.29, 1.82) is 0 Å². The van der Waals surface area contributed by atoms with E-state index in [1.54, 1.807) is 30.5 Å². The first-order valence-electron chi connectivity index (χ1n) is 8.95. The number of carbonyl (C=O) groups excluding carboxylic acids is 2. The fourth-order valence-corrected chi connectivity index (χ4v) is 2.72. The van der Waals surface area contributed by atoms with Crippen molar-refractivity contribution in [2.75, 3.05) is 10.6 Å². The molecule has 30 heavy (non-hydrogen) atoms. The number of thiazole rings is 1. The van der Waals surface area contributed by atoms with E-state index in [1.165, 1.54) is 24.3 Å². The molecule has 0 fully saturated rings. The van der Waals surface area contributed by atoms with Gasteiger partial charge in [0.1, 0.15) is 11.6 Å². The maximum Gasteiger partial charge on any atom is 0.347 e. The molecule has 0 spiro atoms. The van der Waals surface area contributed by atoms with Gasteiger partial charge in [-0.25, -0.2) is 9.78 Å². The minimum atomic E-state index is -0.669. The Bertz CT molecular complexity index is 1070. The number of benzene rings is 1. The van der Waals surface area contributed by atoms with Gasteiger partial charge in [0.15, 0.2) is 5.13 Å². The molecule has 2 aromatic rings. The second-order valence-corrected chi connectivity index (χ2v) is 8.32. The lowest BCUT2D eigenvalue weighted by atomic mass is 9.93. The third kappa shape index (κ3) is 7.41. The lowest BCUT2D eigenvalue weighted by molar-refractivity contribution is -0.114. The van der Waals surface area contributed by atoms with Crippen LogP contribution in [0.4, 0.5) is 15.6 Å². The van der Waals surface area contributed by atoms with Gasteiger partial charge in [-0.15, -0.1) is 0 Å². The van der Waals surface area contributed by atoms with E-state index in [1.807, 2.05) is 20.8 Å². The van der Waals surface area contributed by atoms with E-state index in [0.29, 0.717) is 21.3 Å². The number of aromatic nitrogens is 1. The number of anilines is 2. The van der Waals surface area contributed by atoms with Crippen LogP contribution in [0.5, 0.6) is 0 Å². The summed E-state index contributed by atoms with van der Waals surface area (Å²) >= 11 is 1.26. The third-order valence-electron chi connectivity index (χ3n) is 3.52. The highest BCUT2D eigenvalue weighted by molar-refractivity contribution is 7.16. The highest BCUT2D eigenvalue weighted by Crippen LogP contribution is 2.22. The molecule has 8 nitrogen and oxygen atoms in total. The highest BCUT2D eigenvalue weighted by Gasteiger charge is 2.16. The van der Waals surface area contributed by atoms with Crippen LogP contribution in [0, 0.1) is 17.3 Å². The number of nitrogens with one attached hydrogen (secondary N) is 2. The average molecular weight is 426 g/mol. The first kappa shape index (κ1) is 22.6. The molecule has 1 aromatic carbocycles. The smallest absolute Gasteiger partial charge is 0.347 e. The van der Waals surface area contributed by atoms with Crippen molar-refractivity contribution in [3.8, 4) is 11.8 Å². The first-order valence-corrected chi connectivity index (χ1v) is 9.76. The summed E-state index contributed by atoms with van der Waals surface area (Å²) in [5.41, 5.74) is 6.37. The summed E-state index contributed by atoms with van der Waals surface area (Å²) in [4.78, 5) is 31.6. The minimum Gasteiger partial charge on any atom is -0.512 e. The molecule has 9 heteroatoms. The van der Waals surface area contributed by atoms with Crippen molar-refractivity contribution in [3.63, 3.8) is 0 Å². The molecule has 0 atom stereocenters. The Hall–Kier alpha value is -3.64. The van der Waals surface area contributed by atoms with Crippen LogP contribution in [0.25, 0.3) is 0 Å². The molecule has 0 unspecified atom stereocenters. The number of amides is 3. The number of aliphatic hydroxyl groups is 1. The second-order valence-electron chi connectivity index (χ2n) is 7.29. The normalized spacial score (nSPS) is 12.0. The highest BCUT2D eigenvalue weighted by atomic mass is 32.1. The van der Waals surface area contributed by atoms with Crippen LogP contribution >= 0.6 is 11.3 Å². The van der Waals surface area contributed by atoms with E-state index in [-0.39, 0.29) is 17.5 Å². The van der Waals surface area contributed by atoms with Crippen LogP contribution in [0.2, 0.25) is 0 Å². The van der Waals surface area contributed by atoms with Gasteiger partial charge >= 0.3 is 6.03 Å². The number of aliphatic imine (C=N–C) groups is 1. The zero-order chi connectivity index (χ0) is 22.3. The largest absolute Gasteiger partial charge is 0.512 e. The zero-order valence-electron chi connectivity index (χ0n) is 17.1. The summed E-state index contributed by atoms with van der Waals surface area (Å²) in [6.07, 6.45) is 2.83. The number of nitrogens with zero attached hydrogens (tertiary/aromatic N) is 2. The molecule has 0 aliphatic heterocycles. The van der Waals surface area contributed by atoms with E-state index >= 15 is 0 Å². The summed E-state index contributed by atoms with van der Waals surface area (Å²) in [5, 5.41) is 15.6. The average Bonchev–Trinajstić information content (AvgIpc) is 3.05. The molecular formula is C21H23N5O3S. The van der Waals surface area contributed by atoms with Gasteiger partial charge in [0.25, 0.3) is 0 Å². The number of nitrogens with two attached hydrogens (primary N) is 1. The number of amidine groups is 1. The Morgan fingerprint density at radius 2 is 2.00 bits per heavy atom. The van der Waals surface area contributed by atoms with Crippen LogP contribution in [0.15, 0.2) is 47.3 Å². The molecule has 1 aromatic heterocycles. The molecule has 5 N–H and O–H groups in total. The summed E-state index contributed by atoms with van der Waals surface area (Å²) in [7, 11) is 0. The maximum atomic E-state index is 12.1. The number of hydrogen-bond donors (Lipinski definition) is 4. The van der Waals surface area contributed by atoms with Crippen LogP contribution in [-0.2, 0) is 4.79 Å². The summed E-state index contributed by atoms with van der Waals surface area (Å²) < 4.78 is 0. The Morgan fingerprint density at radius 3 is 2.67 bits per heavy atom. The zero-order valence-corrected chi connectivity index (χ0v) is 17.9. The van der Waals surface area contributed by atoms with Crippen molar-refractivity contribution < 1.29 is 14.7 Å². The Balaban J connectivity index is 2.07. The van der Waals surface area contributed by atoms with Gasteiger partial charge in [0, 0.05) is 29.7 Å². The van der Waals surface area contributed by atoms with E-state index in [4.69, 9.17) is 5.73 Å². The molecular weight excluding hydrogens is 402 g/mol. The van der Waals surface area contributed by atoms with Gasteiger partial charge in [-0.05, 0) is 24.1 Å². The van der Waals surface area contributed by atoms with Crippen LogP contribution < -0.4 is 16.4 Å². The maximum absolute atomic E-state index is 12.1. The number of rotatable bonds is 3. The quantitative estimate of drug-likeness (QED) is 0.257. The Morgan fingerprint density at radius 1 is 1.27 bits per heavy atom. The van der Waals surface area contributed by atoms with Gasteiger partial charge in [0.2, 0.25) is 5.91 Å². The van der Waals surface area contributed by atoms with Crippen LogP contribution in [0.1, 0.15) is 38.1 Å². The lowest BCUT2D eigenvalue weighted by Crippen LogP contribution is -2.18. The van der Waals surface area contributed by atoms with E-state index in [0.717, 1.165) is 0 Å². The predicted octanol–water partition coefficient (Wildman–Crippen LogP) is 3.88. The molecule has 156 valence electrons. The summed E-state index contributed by atoms with van der Waals surface area (Å²) in [6, 6.07) is 6.25. The first-order chi connectivity index (χ1) is 14.0. The lowest BCUT2D eigenvalue weighted by Gasteiger charge is -2.16. The van der Waals surface area contributed by atoms with Crippen molar-refractivity contribution in [1.82, 2.24) is 4.98 Å². The molecule has 3 amide bonds. The number of carbonyl (C=O) groups is 2. The SMILES string of the molecule is CC(=O)Nc1ncc(C#Cc2cccc(NC(=O)/N=C(N)\C=C(/O)C(C)(C)C)c2)s1.